The number of sulfonamides is 1. The first-order valence-electron chi connectivity index (χ1n) is 12.5. The Balaban J connectivity index is 1.39. The summed E-state index contributed by atoms with van der Waals surface area (Å²) in [5.41, 5.74) is 0.709. The third kappa shape index (κ3) is 6.99. The van der Waals surface area contributed by atoms with Gasteiger partial charge in [-0.15, -0.1) is 0 Å². The Kier molecular flexibility index (Phi) is 9.06. The molecule has 2 heterocycles. The molecule has 2 aromatic rings. The van der Waals surface area contributed by atoms with Crippen molar-refractivity contribution in [2.24, 2.45) is 0 Å². The molecule has 1 aliphatic heterocycles. The van der Waals surface area contributed by atoms with Crippen molar-refractivity contribution in [1.29, 1.82) is 0 Å². The van der Waals surface area contributed by atoms with Crippen molar-refractivity contribution in [1.82, 2.24) is 19.8 Å². The molecule has 0 spiro atoms. The van der Waals surface area contributed by atoms with Crippen LogP contribution in [0, 0.1) is 0 Å². The van der Waals surface area contributed by atoms with Crippen LogP contribution in [0.2, 0.25) is 0 Å². The minimum absolute atomic E-state index is 0.413. The minimum atomic E-state index is -4.15. The van der Waals surface area contributed by atoms with Gasteiger partial charge in [0.15, 0.2) is 11.5 Å². The molecular weight excluding hydrogens is 522 g/mol. The molecule has 2 aliphatic rings. The highest BCUT2D eigenvalue weighted by atomic mass is 32.2. The van der Waals surface area contributed by atoms with Gasteiger partial charge in [-0.05, 0) is 25.3 Å². The molecule has 1 saturated heterocycles. The number of hydrogen-bond donors (Lipinski definition) is 1. The molecular formula is C23H35N5O7S2. The summed E-state index contributed by atoms with van der Waals surface area (Å²) in [7, 11) is -4.90. The van der Waals surface area contributed by atoms with Crippen LogP contribution in [0.4, 0.5) is 5.82 Å². The second kappa shape index (κ2) is 12.1. The van der Waals surface area contributed by atoms with Crippen LogP contribution in [0.15, 0.2) is 18.5 Å². The number of ether oxygens (including phenoxy) is 2. The minimum Gasteiger partial charge on any atom is -0.493 e. The summed E-state index contributed by atoms with van der Waals surface area (Å²) in [6.45, 7) is 2.11. The molecule has 206 valence electrons. The van der Waals surface area contributed by atoms with Crippen molar-refractivity contribution in [3.8, 4) is 11.5 Å². The molecule has 4 rings (SSSR count). The first kappa shape index (κ1) is 27.8. The number of anilines is 1. The normalized spacial score (nSPS) is 18.9. The van der Waals surface area contributed by atoms with Gasteiger partial charge in [0.2, 0.25) is 10.0 Å². The maximum Gasteiger partial charge on any atom is 0.297 e. The maximum absolute atomic E-state index is 12.6. The van der Waals surface area contributed by atoms with Crippen LogP contribution in [0.25, 0.3) is 10.9 Å². The largest absolute Gasteiger partial charge is 0.493 e. The summed E-state index contributed by atoms with van der Waals surface area (Å²) in [4.78, 5) is 14.5. The summed E-state index contributed by atoms with van der Waals surface area (Å²) in [6, 6.07) is 3.63. The molecule has 1 saturated carbocycles. The zero-order valence-electron chi connectivity index (χ0n) is 21.3. The molecule has 1 aromatic heterocycles. The number of hydrogen-bond acceptors (Lipinski definition) is 11. The lowest BCUT2D eigenvalue weighted by atomic mass is 10.2. The summed E-state index contributed by atoms with van der Waals surface area (Å²) < 4.78 is 66.0. The lowest BCUT2D eigenvalue weighted by molar-refractivity contribution is 0.250. The van der Waals surface area contributed by atoms with E-state index in [9.17, 15) is 16.8 Å². The van der Waals surface area contributed by atoms with Crippen LogP contribution < -0.4 is 19.3 Å². The number of aromatic nitrogens is 2. The Bertz CT molecular complexity index is 1280. The van der Waals surface area contributed by atoms with E-state index >= 15 is 0 Å². The third-order valence-electron chi connectivity index (χ3n) is 6.87. The van der Waals surface area contributed by atoms with Crippen LogP contribution in [0.3, 0.4) is 0 Å². The van der Waals surface area contributed by atoms with Crippen molar-refractivity contribution < 1.29 is 30.6 Å². The van der Waals surface area contributed by atoms with Gasteiger partial charge in [0.1, 0.15) is 18.0 Å². The van der Waals surface area contributed by atoms with E-state index in [2.05, 4.69) is 14.9 Å². The highest BCUT2D eigenvalue weighted by molar-refractivity contribution is 7.91. The fraction of sp³-hybridized carbons (Fsp3) is 0.652. The van der Waals surface area contributed by atoms with Crippen LogP contribution in [0.5, 0.6) is 11.5 Å². The van der Waals surface area contributed by atoms with Crippen molar-refractivity contribution in [2.75, 3.05) is 51.2 Å². The first-order valence-corrected chi connectivity index (χ1v) is 15.6. The van der Waals surface area contributed by atoms with E-state index in [0.29, 0.717) is 62.5 Å². The Labute approximate surface area is 218 Å². The zero-order chi connectivity index (χ0) is 26.5. The van der Waals surface area contributed by atoms with Gasteiger partial charge in [0, 0.05) is 37.6 Å². The fourth-order valence-corrected chi connectivity index (χ4v) is 7.54. The number of nitrogens with one attached hydrogen (secondary N) is 1. The smallest absolute Gasteiger partial charge is 0.297 e. The van der Waals surface area contributed by atoms with E-state index in [1.807, 2.05) is 11.0 Å². The van der Waals surface area contributed by atoms with Gasteiger partial charge in [-0.3, -0.25) is 4.90 Å². The highest BCUT2D eigenvalue weighted by Gasteiger charge is 2.30. The number of benzene rings is 1. The van der Waals surface area contributed by atoms with Crippen LogP contribution in [0.1, 0.15) is 44.9 Å². The molecule has 0 radical (unpaired) electrons. The Morgan fingerprint density at radius 2 is 1.59 bits per heavy atom. The molecule has 0 amide bonds. The standard InChI is InChI=1S/C23H35N5O7S2/c1-33-21-14-19-20(15-22(21)34-2)24-16-25-23(19)28-11-7-10-27(12-13-28)17-36(29,30)35-26-37(31,32)18-8-5-3-4-6-9-18/h14-16,18,26H,3-13,17H2,1-2H3. The second-order valence-electron chi connectivity index (χ2n) is 9.39. The van der Waals surface area contributed by atoms with Gasteiger partial charge >= 0.3 is 0 Å². The van der Waals surface area contributed by atoms with Gasteiger partial charge in [-0.2, -0.15) is 12.7 Å². The van der Waals surface area contributed by atoms with Gasteiger partial charge in [0.25, 0.3) is 10.1 Å². The van der Waals surface area contributed by atoms with Crippen LogP contribution >= 0.6 is 0 Å². The fourth-order valence-electron chi connectivity index (χ4n) is 4.90. The van der Waals surface area contributed by atoms with E-state index in [-0.39, 0.29) is 0 Å². The van der Waals surface area contributed by atoms with Gasteiger partial charge in [-0.25, -0.2) is 18.4 Å². The summed E-state index contributed by atoms with van der Waals surface area (Å²) in [6.07, 6.45) is 6.80. The topological polar surface area (TPSA) is 140 Å². The predicted octanol–water partition coefficient (Wildman–Crippen LogP) is 2.02. The Hall–Kier alpha value is -2.26. The Morgan fingerprint density at radius 1 is 0.892 bits per heavy atom. The van der Waals surface area contributed by atoms with E-state index in [4.69, 9.17) is 13.8 Å². The monoisotopic (exact) mass is 557 g/mol. The molecule has 0 bridgehead atoms. The number of methoxy groups -OCH3 is 2. The lowest BCUT2D eigenvalue weighted by Gasteiger charge is -2.24. The lowest BCUT2D eigenvalue weighted by Crippen LogP contribution is -2.40. The number of rotatable bonds is 9. The summed E-state index contributed by atoms with van der Waals surface area (Å²) in [5, 5.41) is 0.177. The molecule has 37 heavy (non-hydrogen) atoms. The van der Waals surface area contributed by atoms with Crippen molar-refractivity contribution in [2.45, 2.75) is 50.2 Å². The van der Waals surface area contributed by atoms with E-state index in [1.54, 1.807) is 25.2 Å². The van der Waals surface area contributed by atoms with E-state index < -0.39 is 31.3 Å². The predicted molar refractivity (Wildman–Crippen MR) is 139 cm³/mol. The van der Waals surface area contributed by atoms with Gasteiger partial charge in [-0.1, -0.05) is 30.6 Å². The number of fused-ring (bicyclic) bond motifs is 1. The van der Waals surface area contributed by atoms with Crippen molar-refractivity contribution in [3.05, 3.63) is 18.5 Å². The van der Waals surface area contributed by atoms with E-state index in [0.717, 1.165) is 36.9 Å². The molecule has 14 heteroatoms. The molecule has 1 aliphatic carbocycles. The van der Waals surface area contributed by atoms with E-state index in [1.165, 1.54) is 6.33 Å². The SMILES string of the molecule is COc1cc2ncnc(N3CCCN(CS(=O)(=O)ONS(=O)(=O)C4CCCCCC4)CC3)c2cc1OC. The molecule has 12 nitrogen and oxygen atoms in total. The van der Waals surface area contributed by atoms with Crippen molar-refractivity contribution >= 4 is 36.9 Å². The van der Waals surface area contributed by atoms with Crippen LogP contribution in [-0.2, 0) is 24.4 Å². The molecule has 2 fully saturated rings. The Morgan fingerprint density at radius 3 is 2.30 bits per heavy atom. The third-order valence-corrected chi connectivity index (χ3v) is 9.66. The van der Waals surface area contributed by atoms with Gasteiger partial charge < -0.3 is 14.4 Å². The molecule has 1 aromatic carbocycles. The average Bonchev–Trinajstić information content (AvgIpc) is 3.30. The maximum atomic E-state index is 12.6. The summed E-state index contributed by atoms with van der Waals surface area (Å²) >= 11 is 0. The molecule has 0 unspecified atom stereocenters. The van der Waals surface area contributed by atoms with Crippen LogP contribution in [-0.4, -0.2) is 83.2 Å². The zero-order valence-corrected chi connectivity index (χ0v) is 22.9. The quantitative estimate of drug-likeness (QED) is 0.358. The summed E-state index contributed by atoms with van der Waals surface area (Å²) in [5.74, 6) is 1.45. The van der Waals surface area contributed by atoms with Gasteiger partial charge in [0.05, 0.1) is 25.0 Å². The molecule has 0 atom stereocenters. The highest BCUT2D eigenvalue weighted by Crippen LogP contribution is 2.35. The molecule has 1 N–H and O–H groups in total. The average molecular weight is 558 g/mol. The second-order valence-corrected chi connectivity index (χ2v) is 12.9. The van der Waals surface area contributed by atoms with Crippen molar-refractivity contribution in [3.63, 3.8) is 0 Å². The number of nitrogens with zero attached hydrogens (tertiary/aromatic N) is 4. The first-order chi connectivity index (χ1) is 17.7.